The Morgan fingerprint density at radius 3 is 2.80 bits per heavy atom. The average molecular weight is 221 g/mol. The second-order valence-electron chi connectivity index (χ2n) is 3.59. The van der Waals surface area contributed by atoms with Gasteiger partial charge in [-0.05, 0) is 31.2 Å². The lowest BCUT2D eigenvalue weighted by atomic mass is 10.0. The highest BCUT2D eigenvalue weighted by molar-refractivity contribution is 7.98. The molecule has 0 amide bonds. The second-order valence-corrected chi connectivity index (χ2v) is 4.44. The molecule has 0 heterocycles. The summed E-state index contributed by atoms with van der Waals surface area (Å²) in [6, 6.07) is 5.36. The van der Waals surface area contributed by atoms with Gasteiger partial charge in [-0.2, -0.15) is 4.99 Å². The van der Waals surface area contributed by atoms with Gasteiger partial charge in [-0.1, -0.05) is 6.07 Å². The van der Waals surface area contributed by atoms with Crippen LogP contribution in [0.15, 0.2) is 28.1 Å². The van der Waals surface area contributed by atoms with E-state index >= 15 is 0 Å². The number of phenolic OH excluding ortho intramolecular Hbond substituents is 1. The summed E-state index contributed by atoms with van der Waals surface area (Å²) in [6.07, 6.45) is 5.17. The molecule has 0 atom stereocenters. The highest BCUT2D eigenvalue weighted by Gasteiger charge is 2.48. The maximum atomic E-state index is 10.4. The van der Waals surface area contributed by atoms with Crippen LogP contribution in [0.4, 0.5) is 0 Å². The van der Waals surface area contributed by atoms with Gasteiger partial charge in [0.25, 0.3) is 0 Å². The fraction of sp³-hybridized carbons (Fsp3) is 0.364. The molecule has 0 unspecified atom stereocenters. The third kappa shape index (κ3) is 1.66. The summed E-state index contributed by atoms with van der Waals surface area (Å²) in [5.41, 5.74) is 0.284. The zero-order valence-corrected chi connectivity index (χ0v) is 9.17. The number of aliphatic imine (C=N–C) groups is 1. The van der Waals surface area contributed by atoms with E-state index in [1.165, 1.54) is 0 Å². The predicted molar refractivity (Wildman–Crippen MR) is 58.9 cm³/mol. The predicted octanol–water partition coefficient (Wildman–Crippen LogP) is 2.44. The van der Waals surface area contributed by atoms with Gasteiger partial charge in [-0.15, -0.1) is 11.8 Å². The number of isocyanates is 1. The smallest absolute Gasteiger partial charge is 0.235 e. The third-order valence-corrected chi connectivity index (χ3v) is 3.45. The summed E-state index contributed by atoms with van der Waals surface area (Å²) >= 11 is 1.55. The number of thioether (sulfide) groups is 1. The first-order valence-corrected chi connectivity index (χ1v) is 5.91. The Hall–Kier alpha value is -1.25. The van der Waals surface area contributed by atoms with E-state index in [-0.39, 0.29) is 5.75 Å². The molecule has 1 aromatic rings. The Bertz CT molecular complexity index is 434. The van der Waals surface area contributed by atoms with Crippen LogP contribution < -0.4 is 0 Å². The monoisotopic (exact) mass is 221 g/mol. The number of aromatic hydroxyl groups is 1. The van der Waals surface area contributed by atoms with Crippen molar-refractivity contribution in [3.05, 3.63) is 23.8 Å². The molecule has 1 aromatic carbocycles. The SMILES string of the molecule is CSc1cccc(O)c1C1(N=C=O)CC1. The lowest BCUT2D eigenvalue weighted by Crippen LogP contribution is -2.04. The molecule has 4 heteroatoms. The lowest BCUT2D eigenvalue weighted by Gasteiger charge is -2.14. The number of benzene rings is 1. The van der Waals surface area contributed by atoms with Gasteiger partial charge in [0.15, 0.2) is 0 Å². The van der Waals surface area contributed by atoms with Crippen molar-refractivity contribution in [2.24, 2.45) is 4.99 Å². The Balaban J connectivity index is 2.56. The molecule has 3 nitrogen and oxygen atoms in total. The number of phenols is 1. The van der Waals surface area contributed by atoms with Crippen molar-refractivity contribution in [1.82, 2.24) is 0 Å². The lowest BCUT2D eigenvalue weighted by molar-refractivity contribution is 0.456. The Labute approximate surface area is 92.2 Å². The largest absolute Gasteiger partial charge is 0.508 e. The first-order valence-electron chi connectivity index (χ1n) is 4.69. The molecule has 15 heavy (non-hydrogen) atoms. The average Bonchev–Trinajstić information content (AvgIpc) is 2.98. The van der Waals surface area contributed by atoms with Gasteiger partial charge in [0.1, 0.15) is 11.3 Å². The van der Waals surface area contributed by atoms with Gasteiger partial charge in [0.2, 0.25) is 6.08 Å². The maximum absolute atomic E-state index is 10.4. The minimum absolute atomic E-state index is 0.221. The van der Waals surface area contributed by atoms with Crippen molar-refractivity contribution in [3.63, 3.8) is 0 Å². The first-order chi connectivity index (χ1) is 7.23. The summed E-state index contributed by atoms with van der Waals surface area (Å²) in [4.78, 5) is 15.2. The highest BCUT2D eigenvalue weighted by Crippen LogP contribution is 2.54. The Morgan fingerprint density at radius 1 is 1.53 bits per heavy atom. The van der Waals surface area contributed by atoms with Crippen molar-refractivity contribution < 1.29 is 9.90 Å². The van der Waals surface area contributed by atoms with Gasteiger partial charge < -0.3 is 5.11 Å². The third-order valence-electron chi connectivity index (χ3n) is 2.67. The molecule has 78 valence electrons. The van der Waals surface area contributed by atoms with Crippen molar-refractivity contribution in [2.45, 2.75) is 23.3 Å². The van der Waals surface area contributed by atoms with E-state index in [4.69, 9.17) is 0 Å². The number of nitrogens with zero attached hydrogens (tertiary/aromatic N) is 1. The number of rotatable bonds is 3. The van der Waals surface area contributed by atoms with Crippen molar-refractivity contribution >= 4 is 17.8 Å². The topological polar surface area (TPSA) is 49.7 Å². The van der Waals surface area contributed by atoms with Gasteiger partial charge in [-0.3, -0.25) is 0 Å². The summed E-state index contributed by atoms with van der Waals surface area (Å²) < 4.78 is 0. The molecular weight excluding hydrogens is 210 g/mol. The number of carbonyl (C=O) groups excluding carboxylic acids is 1. The van der Waals surface area contributed by atoms with Crippen LogP contribution in [-0.4, -0.2) is 17.4 Å². The molecule has 0 aliphatic heterocycles. The molecule has 1 aliphatic carbocycles. The number of hydrogen-bond donors (Lipinski definition) is 1. The van der Waals surface area contributed by atoms with Gasteiger partial charge in [-0.25, -0.2) is 4.79 Å². The van der Waals surface area contributed by atoms with Crippen LogP contribution in [0.2, 0.25) is 0 Å². The second kappa shape index (κ2) is 3.72. The highest BCUT2D eigenvalue weighted by atomic mass is 32.2. The molecule has 0 radical (unpaired) electrons. The fourth-order valence-electron chi connectivity index (χ4n) is 1.78. The normalized spacial score (nSPS) is 16.9. The van der Waals surface area contributed by atoms with E-state index < -0.39 is 5.54 Å². The molecule has 2 rings (SSSR count). The van der Waals surface area contributed by atoms with E-state index in [1.54, 1.807) is 30.0 Å². The van der Waals surface area contributed by atoms with E-state index in [9.17, 15) is 9.90 Å². The molecule has 1 fully saturated rings. The first kappa shape index (κ1) is 10.3. The molecule has 0 saturated heterocycles. The quantitative estimate of drug-likeness (QED) is 0.484. The van der Waals surface area contributed by atoms with Crippen LogP contribution in [0.5, 0.6) is 5.75 Å². The Morgan fingerprint density at radius 2 is 2.27 bits per heavy atom. The van der Waals surface area contributed by atoms with Crippen LogP contribution in [-0.2, 0) is 10.3 Å². The molecule has 1 aliphatic rings. The van der Waals surface area contributed by atoms with Crippen LogP contribution in [0.1, 0.15) is 18.4 Å². The summed E-state index contributed by atoms with van der Waals surface area (Å²) in [5, 5.41) is 9.82. The maximum Gasteiger partial charge on any atom is 0.235 e. The minimum Gasteiger partial charge on any atom is -0.508 e. The van der Waals surface area contributed by atoms with Crippen LogP contribution in [0, 0.1) is 0 Å². The zero-order valence-electron chi connectivity index (χ0n) is 8.36. The molecule has 0 bridgehead atoms. The molecule has 0 aromatic heterocycles. The number of hydrogen-bond acceptors (Lipinski definition) is 4. The summed E-state index contributed by atoms with van der Waals surface area (Å²) in [6.45, 7) is 0. The van der Waals surface area contributed by atoms with Crippen molar-refractivity contribution in [3.8, 4) is 5.75 Å². The van der Waals surface area contributed by atoms with E-state index in [2.05, 4.69) is 4.99 Å². The van der Waals surface area contributed by atoms with Crippen molar-refractivity contribution in [2.75, 3.05) is 6.26 Å². The van der Waals surface area contributed by atoms with Crippen LogP contribution >= 0.6 is 11.8 Å². The Kier molecular flexibility index (Phi) is 2.55. The van der Waals surface area contributed by atoms with Gasteiger partial charge >= 0.3 is 0 Å². The van der Waals surface area contributed by atoms with Gasteiger partial charge in [0, 0.05) is 10.5 Å². The van der Waals surface area contributed by atoms with Gasteiger partial charge in [0.05, 0.1) is 0 Å². The molecule has 1 N–H and O–H groups in total. The fourth-order valence-corrected chi connectivity index (χ4v) is 2.49. The van der Waals surface area contributed by atoms with E-state index in [0.717, 1.165) is 23.3 Å². The molecular formula is C11H11NO2S. The van der Waals surface area contributed by atoms with E-state index in [0.29, 0.717) is 0 Å². The van der Waals surface area contributed by atoms with Crippen molar-refractivity contribution in [1.29, 1.82) is 0 Å². The zero-order chi connectivity index (χ0) is 10.9. The minimum atomic E-state index is -0.495. The molecule has 1 saturated carbocycles. The molecule has 0 spiro atoms. The van der Waals surface area contributed by atoms with Crippen LogP contribution in [0.25, 0.3) is 0 Å². The standard InChI is InChI=1S/C11H11NO2S/c1-15-9-4-2-3-8(14)10(9)11(5-6-11)12-7-13/h2-4,14H,5-6H2,1H3. The van der Waals surface area contributed by atoms with Crippen LogP contribution in [0.3, 0.4) is 0 Å². The summed E-state index contributed by atoms with van der Waals surface area (Å²) in [5.74, 6) is 0.221. The summed E-state index contributed by atoms with van der Waals surface area (Å²) in [7, 11) is 0. The van der Waals surface area contributed by atoms with E-state index in [1.807, 2.05) is 12.3 Å².